The highest BCUT2D eigenvalue weighted by atomic mass is 35.5. The molecule has 2 N–H and O–H groups in total. The van der Waals surface area contributed by atoms with Gasteiger partial charge in [-0.25, -0.2) is 0 Å². The van der Waals surface area contributed by atoms with Crippen molar-refractivity contribution in [1.82, 2.24) is 0 Å². The molecule has 2 unspecified atom stereocenters. The summed E-state index contributed by atoms with van der Waals surface area (Å²) >= 11 is 11.8. The summed E-state index contributed by atoms with van der Waals surface area (Å²) < 4.78 is 5.49. The summed E-state index contributed by atoms with van der Waals surface area (Å²) in [7, 11) is 0. The Balaban J connectivity index is 2.57. The fourth-order valence-corrected chi connectivity index (χ4v) is 2.09. The summed E-state index contributed by atoms with van der Waals surface area (Å²) in [6.45, 7) is 1.91. The summed E-state index contributed by atoms with van der Waals surface area (Å²) in [5.41, 5.74) is 6.75. The molecule has 0 amide bonds. The van der Waals surface area contributed by atoms with Crippen LogP contribution >= 0.6 is 23.2 Å². The van der Waals surface area contributed by atoms with Gasteiger partial charge in [0, 0.05) is 10.6 Å². The minimum atomic E-state index is -0.153. The third-order valence-electron chi connectivity index (χ3n) is 2.21. The molecule has 0 saturated carbocycles. The van der Waals surface area contributed by atoms with Gasteiger partial charge < -0.3 is 10.5 Å². The first kappa shape index (κ1) is 9.13. The van der Waals surface area contributed by atoms with Crippen LogP contribution in [0.5, 0.6) is 5.75 Å². The first-order chi connectivity index (χ1) is 6.09. The van der Waals surface area contributed by atoms with Crippen molar-refractivity contribution < 1.29 is 4.74 Å². The highest BCUT2D eigenvalue weighted by molar-refractivity contribution is 6.35. The Morgan fingerprint density at radius 3 is 2.77 bits per heavy atom. The van der Waals surface area contributed by atoms with Crippen LogP contribution in [-0.2, 0) is 0 Å². The molecular formula is C9H9Cl2NO. The van der Waals surface area contributed by atoms with E-state index in [9.17, 15) is 0 Å². The van der Waals surface area contributed by atoms with Crippen molar-refractivity contribution in [3.05, 3.63) is 27.7 Å². The van der Waals surface area contributed by atoms with Gasteiger partial charge in [-0.15, -0.1) is 0 Å². The SMILES string of the molecule is CC1Oc2cc(Cl)cc(Cl)c2C1N. The van der Waals surface area contributed by atoms with Crippen molar-refractivity contribution in [2.75, 3.05) is 0 Å². The predicted molar refractivity (Wildman–Crippen MR) is 53.5 cm³/mol. The molecule has 13 heavy (non-hydrogen) atoms. The highest BCUT2D eigenvalue weighted by Crippen LogP contribution is 2.41. The van der Waals surface area contributed by atoms with E-state index >= 15 is 0 Å². The predicted octanol–water partition coefficient (Wildman–Crippen LogP) is 2.77. The quantitative estimate of drug-likeness (QED) is 0.726. The maximum absolute atomic E-state index is 5.99. The summed E-state index contributed by atoms with van der Waals surface area (Å²) in [6, 6.07) is 3.27. The molecule has 0 spiro atoms. The van der Waals surface area contributed by atoms with E-state index in [2.05, 4.69) is 0 Å². The van der Waals surface area contributed by atoms with Crippen molar-refractivity contribution in [3.8, 4) is 5.75 Å². The van der Waals surface area contributed by atoms with E-state index in [-0.39, 0.29) is 12.1 Å². The van der Waals surface area contributed by atoms with Crippen LogP contribution in [0.1, 0.15) is 18.5 Å². The van der Waals surface area contributed by atoms with E-state index in [1.807, 2.05) is 6.92 Å². The minimum Gasteiger partial charge on any atom is -0.488 e. The van der Waals surface area contributed by atoms with E-state index in [1.54, 1.807) is 12.1 Å². The maximum Gasteiger partial charge on any atom is 0.127 e. The third-order valence-corrected chi connectivity index (χ3v) is 2.74. The second-order valence-electron chi connectivity index (χ2n) is 3.15. The number of rotatable bonds is 0. The monoisotopic (exact) mass is 217 g/mol. The van der Waals surface area contributed by atoms with Gasteiger partial charge in [-0.05, 0) is 19.1 Å². The van der Waals surface area contributed by atoms with E-state index in [0.29, 0.717) is 15.8 Å². The lowest BCUT2D eigenvalue weighted by molar-refractivity contribution is 0.228. The van der Waals surface area contributed by atoms with Crippen LogP contribution in [0.2, 0.25) is 10.0 Å². The lowest BCUT2D eigenvalue weighted by Crippen LogP contribution is -2.21. The van der Waals surface area contributed by atoms with Gasteiger partial charge in [-0.3, -0.25) is 0 Å². The average Bonchev–Trinajstić information content (AvgIpc) is 2.27. The van der Waals surface area contributed by atoms with Gasteiger partial charge in [-0.2, -0.15) is 0 Å². The molecule has 0 aliphatic carbocycles. The molecule has 4 heteroatoms. The molecule has 1 heterocycles. The molecule has 0 fully saturated rings. The maximum atomic E-state index is 5.99. The van der Waals surface area contributed by atoms with E-state index in [4.69, 9.17) is 33.7 Å². The second-order valence-corrected chi connectivity index (χ2v) is 3.99. The van der Waals surface area contributed by atoms with Crippen molar-refractivity contribution in [2.24, 2.45) is 5.73 Å². The standard InChI is InChI=1S/C9H9Cl2NO/c1-4-9(12)8-6(11)2-5(10)3-7(8)13-4/h2-4,9H,12H2,1H3. The van der Waals surface area contributed by atoms with Gasteiger partial charge in [0.1, 0.15) is 11.9 Å². The average molecular weight is 218 g/mol. The van der Waals surface area contributed by atoms with Crippen LogP contribution < -0.4 is 10.5 Å². The number of hydrogen-bond donors (Lipinski definition) is 1. The van der Waals surface area contributed by atoms with Crippen molar-refractivity contribution in [1.29, 1.82) is 0 Å². The Kier molecular flexibility index (Phi) is 2.14. The molecule has 1 aliphatic heterocycles. The highest BCUT2D eigenvalue weighted by Gasteiger charge is 2.30. The molecule has 1 aromatic carbocycles. The molecule has 2 nitrogen and oxygen atoms in total. The number of halogens is 2. The summed E-state index contributed by atoms with van der Waals surface area (Å²) in [4.78, 5) is 0. The molecule has 1 aliphatic rings. The fraction of sp³-hybridized carbons (Fsp3) is 0.333. The molecule has 70 valence electrons. The molecule has 2 atom stereocenters. The van der Waals surface area contributed by atoms with Crippen LogP contribution in [0.15, 0.2) is 12.1 Å². The van der Waals surface area contributed by atoms with Crippen molar-refractivity contribution in [3.63, 3.8) is 0 Å². The van der Waals surface area contributed by atoms with Crippen molar-refractivity contribution >= 4 is 23.2 Å². The Labute approximate surface area is 86.6 Å². The number of ether oxygens (including phenoxy) is 1. The lowest BCUT2D eigenvalue weighted by Gasteiger charge is -2.07. The lowest BCUT2D eigenvalue weighted by atomic mass is 10.1. The molecule has 2 rings (SSSR count). The van der Waals surface area contributed by atoms with Crippen LogP contribution in [0.25, 0.3) is 0 Å². The molecule has 1 aromatic rings. The molecular weight excluding hydrogens is 209 g/mol. The number of fused-ring (bicyclic) bond motifs is 1. The molecule has 0 bridgehead atoms. The number of hydrogen-bond acceptors (Lipinski definition) is 2. The summed E-state index contributed by atoms with van der Waals surface area (Å²) in [5.74, 6) is 0.706. The normalized spacial score (nSPS) is 25.5. The van der Waals surface area contributed by atoms with E-state index in [1.165, 1.54) is 0 Å². The van der Waals surface area contributed by atoms with Crippen LogP contribution in [0.3, 0.4) is 0 Å². The van der Waals surface area contributed by atoms with Crippen molar-refractivity contribution in [2.45, 2.75) is 19.1 Å². The van der Waals surface area contributed by atoms with Gasteiger partial charge in [0.05, 0.1) is 11.1 Å². The molecule has 0 saturated heterocycles. The minimum absolute atomic E-state index is 0.0361. The van der Waals surface area contributed by atoms with Crippen LogP contribution in [0, 0.1) is 0 Å². The smallest absolute Gasteiger partial charge is 0.127 e. The largest absolute Gasteiger partial charge is 0.488 e. The zero-order chi connectivity index (χ0) is 9.59. The zero-order valence-electron chi connectivity index (χ0n) is 7.05. The first-order valence-corrected chi connectivity index (χ1v) is 4.76. The second kappa shape index (κ2) is 3.05. The number of nitrogens with two attached hydrogens (primary N) is 1. The Morgan fingerprint density at radius 1 is 1.38 bits per heavy atom. The van der Waals surface area contributed by atoms with Crippen LogP contribution in [-0.4, -0.2) is 6.10 Å². The topological polar surface area (TPSA) is 35.2 Å². The van der Waals surface area contributed by atoms with E-state index < -0.39 is 0 Å². The van der Waals surface area contributed by atoms with Gasteiger partial charge in [0.25, 0.3) is 0 Å². The molecule has 0 aromatic heterocycles. The Morgan fingerprint density at radius 2 is 2.08 bits per heavy atom. The number of benzene rings is 1. The van der Waals surface area contributed by atoms with Gasteiger partial charge >= 0.3 is 0 Å². The summed E-state index contributed by atoms with van der Waals surface area (Å²) in [5, 5.41) is 1.16. The molecule has 0 radical (unpaired) electrons. The van der Waals surface area contributed by atoms with Crippen LogP contribution in [0.4, 0.5) is 0 Å². The zero-order valence-corrected chi connectivity index (χ0v) is 8.56. The van der Waals surface area contributed by atoms with Gasteiger partial charge in [0.15, 0.2) is 0 Å². The van der Waals surface area contributed by atoms with Gasteiger partial charge in [0.2, 0.25) is 0 Å². The fourth-order valence-electron chi connectivity index (χ4n) is 1.49. The summed E-state index contributed by atoms with van der Waals surface area (Å²) in [6.07, 6.45) is -0.0361. The van der Waals surface area contributed by atoms with E-state index in [0.717, 1.165) is 5.56 Å². The first-order valence-electron chi connectivity index (χ1n) is 4.01. The van der Waals surface area contributed by atoms with Gasteiger partial charge in [-0.1, -0.05) is 23.2 Å². The third kappa shape index (κ3) is 1.39. The Hall–Kier alpha value is -0.440. The Bertz CT molecular complexity index is 354.